The Labute approximate surface area is 123 Å². The van der Waals surface area contributed by atoms with Crippen molar-refractivity contribution in [2.45, 2.75) is 26.9 Å². The van der Waals surface area contributed by atoms with Crippen molar-refractivity contribution in [1.29, 1.82) is 0 Å². The highest BCUT2D eigenvalue weighted by atomic mass is 31.2. The topological polar surface area (TPSA) is 87.9 Å². The highest BCUT2D eigenvalue weighted by Gasteiger charge is 2.32. The van der Waals surface area contributed by atoms with Gasteiger partial charge in [-0.2, -0.15) is 0 Å². The summed E-state index contributed by atoms with van der Waals surface area (Å²) in [5.41, 5.74) is 5.33. The van der Waals surface area contributed by atoms with E-state index >= 15 is 0 Å². The highest BCUT2D eigenvalue weighted by molar-refractivity contribution is 7.54. The molecule has 0 amide bonds. The molecule has 0 aliphatic heterocycles. The van der Waals surface area contributed by atoms with Crippen molar-refractivity contribution in [3.05, 3.63) is 30.3 Å². The minimum absolute atomic E-state index is 0.0293. The Morgan fingerprint density at radius 3 is 2.38 bits per heavy atom. The summed E-state index contributed by atoms with van der Waals surface area (Å²) < 4.78 is 34.3. The van der Waals surface area contributed by atoms with E-state index in [0.29, 0.717) is 5.75 Å². The van der Waals surface area contributed by atoms with Crippen molar-refractivity contribution in [2.24, 2.45) is 5.73 Å². The van der Waals surface area contributed by atoms with Crippen LogP contribution in [0.4, 0.5) is 4.53 Å². The Hall–Kier alpha value is -1.43. The average molecular weight is 321 g/mol. The second kappa shape index (κ2) is 10.3. The molecule has 1 rings (SSSR count). The van der Waals surface area contributed by atoms with Gasteiger partial charge in [0.1, 0.15) is 5.75 Å². The van der Waals surface area contributed by atoms with E-state index in [4.69, 9.17) is 14.8 Å². The Balaban J connectivity index is 0.00000191. The molecule has 8 heteroatoms. The maximum atomic E-state index is 12.4. The van der Waals surface area contributed by atoms with E-state index in [9.17, 15) is 13.9 Å². The van der Waals surface area contributed by atoms with E-state index < -0.39 is 19.7 Å². The molecule has 0 fully saturated rings. The zero-order valence-corrected chi connectivity index (χ0v) is 13.2. The van der Waals surface area contributed by atoms with Gasteiger partial charge in [-0.1, -0.05) is 32.0 Å². The number of para-hydroxylation sites is 1. The van der Waals surface area contributed by atoms with E-state index in [1.807, 2.05) is 13.8 Å². The first kappa shape index (κ1) is 19.6. The lowest BCUT2D eigenvalue weighted by Gasteiger charge is -2.20. The normalized spacial score (nSPS) is 14.1. The Kier molecular flexibility index (Phi) is 9.62. The maximum absolute atomic E-state index is 12.4. The molecule has 0 aromatic heterocycles. The first-order chi connectivity index (χ1) is 10.0. The molecule has 6 nitrogen and oxygen atoms in total. The molecule has 0 bridgehead atoms. The molecule has 1 unspecified atom stereocenters. The van der Waals surface area contributed by atoms with Crippen LogP contribution in [0.25, 0.3) is 0 Å². The Morgan fingerprint density at radius 1 is 1.33 bits per heavy atom. The SMILES string of the molecule is CC.C[C@H](OP(=O)(CCN)Oc1ccccc1)C(=O)OF. The molecule has 0 radical (unpaired) electrons. The fourth-order valence-electron chi connectivity index (χ4n) is 1.27. The largest absolute Gasteiger partial charge is 0.424 e. The molecule has 1 aromatic carbocycles. The lowest BCUT2D eigenvalue weighted by atomic mass is 10.3. The fraction of sp³-hybridized carbons (Fsp3) is 0.462. The van der Waals surface area contributed by atoms with Crippen LogP contribution in [0.5, 0.6) is 5.75 Å². The number of nitrogens with two attached hydrogens (primary N) is 1. The van der Waals surface area contributed by atoms with Gasteiger partial charge in [0.2, 0.25) is 0 Å². The fourth-order valence-corrected chi connectivity index (χ4v) is 2.83. The van der Waals surface area contributed by atoms with Gasteiger partial charge in [0, 0.05) is 11.1 Å². The number of rotatable bonds is 7. The van der Waals surface area contributed by atoms with Crippen molar-refractivity contribution < 1.29 is 27.9 Å². The molecular formula is C13H21FNO5P. The standard InChI is InChI=1S/C11H15FNO5P.C2H6/c1-9(11(14)16-12)17-19(15,8-7-13)18-10-5-3-2-4-6-10;1-2/h2-6,9H,7-8,13H2,1H3;1-2H3/t9-,19?;/m0./s1. The van der Waals surface area contributed by atoms with Gasteiger partial charge in [0.25, 0.3) is 0 Å². The molecule has 0 saturated carbocycles. The second-order valence-corrected chi connectivity index (χ2v) is 5.73. The minimum Gasteiger partial charge on any atom is -0.424 e. The first-order valence-electron chi connectivity index (χ1n) is 6.55. The van der Waals surface area contributed by atoms with Crippen LogP contribution in [0.2, 0.25) is 0 Å². The summed E-state index contributed by atoms with van der Waals surface area (Å²) in [6.45, 7) is 5.24. The van der Waals surface area contributed by atoms with Gasteiger partial charge in [-0.15, -0.1) is 0 Å². The predicted octanol–water partition coefficient (Wildman–Crippen LogP) is 3.08. The molecule has 0 spiro atoms. The van der Waals surface area contributed by atoms with Crippen LogP contribution in [-0.2, 0) is 18.8 Å². The monoisotopic (exact) mass is 321 g/mol. The summed E-state index contributed by atoms with van der Waals surface area (Å²) >= 11 is 0. The van der Waals surface area contributed by atoms with E-state index in [-0.39, 0.29) is 12.7 Å². The third kappa shape index (κ3) is 7.22. The van der Waals surface area contributed by atoms with Crippen molar-refractivity contribution in [1.82, 2.24) is 0 Å². The molecule has 0 heterocycles. The van der Waals surface area contributed by atoms with Gasteiger partial charge in [-0.3, -0.25) is 9.47 Å². The third-order valence-corrected chi connectivity index (χ3v) is 4.05. The van der Waals surface area contributed by atoms with Gasteiger partial charge in [0.05, 0.1) is 6.16 Å². The maximum Gasteiger partial charge on any atom is 0.381 e. The number of hydrogen-bond donors (Lipinski definition) is 1. The van der Waals surface area contributed by atoms with Crippen LogP contribution in [-0.4, -0.2) is 24.8 Å². The summed E-state index contributed by atoms with van der Waals surface area (Å²) in [4.78, 5) is 13.9. The van der Waals surface area contributed by atoms with Crippen LogP contribution >= 0.6 is 7.60 Å². The molecule has 2 N–H and O–H groups in total. The third-order valence-electron chi connectivity index (χ3n) is 2.12. The van der Waals surface area contributed by atoms with Crippen LogP contribution in [0.1, 0.15) is 20.8 Å². The van der Waals surface area contributed by atoms with E-state index in [1.165, 1.54) is 6.92 Å². The van der Waals surface area contributed by atoms with Gasteiger partial charge >= 0.3 is 13.6 Å². The smallest absolute Gasteiger partial charge is 0.381 e. The Bertz CT molecular complexity index is 457. The molecule has 0 saturated heterocycles. The number of benzene rings is 1. The van der Waals surface area contributed by atoms with Crippen LogP contribution in [0, 0.1) is 0 Å². The van der Waals surface area contributed by atoms with Gasteiger partial charge < -0.3 is 10.3 Å². The number of carbonyl (C=O) groups is 1. The van der Waals surface area contributed by atoms with Crippen LogP contribution in [0.3, 0.4) is 0 Å². The van der Waals surface area contributed by atoms with Crippen molar-refractivity contribution >= 4 is 13.6 Å². The first-order valence-corrected chi connectivity index (χ1v) is 8.28. The van der Waals surface area contributed by atoms with Gasteiger partial charge in [0.15, 0.2) is 6.10 Å². The van der Waals surface area contributed by atoms with Gasteiger partial charge in [-0.05, 0) is 19.1 Å². The quantitative estimate of drug-likeness (QED) is 0.777. The zero-order chi connectivity index (χ0) is 16.3. The molecule has 0 aliphatic carbocycles. The number of hydrogen-bond acceptors (Lipinski definition) is 6. The molecule has 2 atom stereocenters. The average Bonchev–Trinajstić information content (AvgIpc) is 2.49. The molecule has 21 heavy (non-hydrogen) atoms. The predicted molar refractivity (Wildman–Crippen MR) is 77.7 cm³/mol. The van der Waals surface area contributed by atoms with E-state index in [1.54, 1.807) is 30.3 Å². The summed E-state index contributed by atoms with van der Waals surface area (Å²) in [7, 11) is -3.66. The van der Waals surface area contributed by atoms with E-state index in [2.05, 4.69) is 4.94 Å². The summed E-state index contributed by atoms with van der Waals surface area (Å²) in [6, 6.07) is 8.27. The zero-order valence-electron chi connectivity index (χ0n) is 12.3. The molecule has 1 aromatic rings. The summed E-state index contributed by atoms with van der Waals surface area (Å²) in [5, 5.41) is 0. The lowest BCUT2D eigenvalue weighted by molar-refractivity contribution is -0.191. The number of carbonyl (C=O) groups excluding carboxylic acids is 1. The minimum atomic E-state index is -3.66. The van der Waals surface area contributed by atoms with Crippen LogP contribution in [0.15, 0.2) is 30.3 Å². The van der Waals surface area contributed by atoms with Crippen LogP contribution < -0.4 is 10.3 Å². The lowest BCUT2D eigenvalue weighted by Crippen LogP contribution is -2.23. The molecule has 0 aliphatic rings. The van der Waals surface area contributed by atoms with Crippen molar-refractivity contribution in [2.75, 3.05) is 12.7 Å². The Morgan fingerprint density at radius 2 is 1.90 bits per heavy atom. The second-order valence-electron chi connectivity index (χ2n) is 3.67. The molecular weight excluding hydrogens is 300 g/mol. The summed E-state index contributed by atoms with van der Waals surface area (Å²) in [6.07, 6.45) is -1.46. The van der Waals surface area contributed by atoms with Crippen molar-refractivity contribution in [3.8, 4) is 5.75 Å². The van der Waals surface area contributed by atoms with E-state index in [0.717, 1.165) is 0 Å². The molecule has 120 valence electrons. The van der Waals surface area contributed by atoms with Crippen molar-refractivity contribution in [3.63, 3.8) is 0 Å². The van der Waals surface area contributed by atoms with Gasteiger partial charge in [-0.25, -0.2) is 9.36 Å². The number of halogens is 1. The summed E-state index contributed by atoms with van der Waals surface area (Å²) in [5.74, 6) is -0.978. The highest BCUT2D eigenvalue weighted by Crippen LogP contribution is 2.48.